The fourth-order valence-electron chi connectivity index (χ4n) is 2.43. The predicted molar refractivity (Wildman–Crippen MR) is 82.6 cm³/mol. The summed E-state index contributed by atoms with van der Waals surface area (Å²) in [6, 6.07) is 5.37. The topological polar surface area (TPSA) is 71.0 Å². The third kappa shape index (κ3) is 3.48. The highest BCUT2D eigenvalue weighted by atomic mass is 32.1. The van der Waals surface area contributed by atoms with Crippen LogP contribution in [0.25, 0.3) is 11.0 Å². The van der Waals surface area contributed by atoms with Crippen LogP contribution in [0.1, 0.15) is 23.5 Å². The minimum atomic E-state index is -0.284. The van der Waals surface area contributed by atoms with Crippen molar-refractivity contribution in [2.45, 2.75) is 17.7 Å². The summed E-state index contributed by atoms with van der Waals surface area (Å²) >= 11 is 4.26. The maximum Gasteiger partial charge on any atom is 0.291 e. The number of thiol groups is 1. The number of carbonyl (C=O) groups is 1. The van der Waals surface area contributed by atoms with Gasteiger partial charge in [0.15, 0.2) is 0 Å². The molecule has 1 amide bonds. The van der Waals surface area contributed by atoms with Gasteiger partial charge in [0.25, 0.3) is 5.91 Å². The van der Waals surface area contributed by atoms with Crippen LogP contribution in [0.15, 0.2) is 23.1 Å². The van der Waals surface area contributed by atoms with Gasteiger partial charge >= 0.3 is 0 Å². The Balaban J connectivity index is 1.63. The molecule has 1 saturated heterocycles. The zero-order chi connectivity index (χ0) is 14.7. The molecule has 1 aliphatic rings. The summed E-state index contributed by atoms with van der Waals surface area (Å²) in [5.74, 6) is -0.184. The highest BCUT2D eigenvalue weighted by molar-refractivity contribution is 7.80. The number of nitrogens with one attached hydrogen (secondary N) is 1. The number of rotatable bonds is 4. The van der Waals surface area contributed by atoms with Gasteiger partial charge in [-0.05, 0) is 44.1 Å². The van der Waals surface area contributed by atoms with Gasteiger partial charge in [0.1, 0.15) is 5.52 Å². The number of hydrogen-bond donors (Lipinski definition) is 2. The molecular formula is C14H17N5OS. The van der Waals surface area contributed by atoms with Crippen LogP contribution < -0.4 is 5.32 Å². The van der Waals surface area contributed by atoms with Crippen molar-refractivity contribution >= 4 is 29.6 Å². The average molecular weight is 303 g/mol. The normalized spacial score (nSPS) is 15.5. The highest BCUT2D eigenvalue weighted by Crippen LogP contribution is 2.13. The maximum atomic E-state index is 12.0. The van der Waals surface area contributed by atoms with Crippen LogP contribution in [-0.4, -0.2) is 52.2 Å². The van der Waals surface area contributed by atoms with Crippen molar-refractivity contribution in [1.29, 1.82) is 0 Å². The number of carbonyl (C=O) groups excluding carboxylic acids is 1. The van der Waals surface area contributed by atoms with E-state index in [0.29, 0.717) is 17.6 Å². The number of aromatic nitrogens is 3. The number of amides is 1. The molecule has 1 aromatic carbocycles. The van der Waals surface area contributed by atoms with E-state index in [1.807, 2.05) is 6.07 Å². The Morgan fingerprint density at radius 1 is 1.24 bits per heavy atom. The van der Waals surface area contributed by atoms with Crippen molar-refractivity contribution in [3.63, 3.8) is 0 Å². The largest absolute Gasteiger partial charge is 0.348 e. The second-order valence-electron chi connectivity index (χ2n) is 5.11. The van der Waals surface area contributed by atoms with Gasteiger partial charge in [-0.3, -0.25) is 4.79 Å². The lowest BCUT2D eigenvalue weighted by Gasteiger charge is -2.14. The number of fused-ring (bicyclic) bond motifs is 1. The molecule has 2 heterocycles. The summed E-state index contributed by atoms with van der Waals surface area (Å²) < 4.78 is 0. The molecule has 1 N–H and O–H groups in total. The van der Waals surface area contributed by atoms with Crippen molar-refractivity contribution in [2.75, 3.05) is 26.2 Å². The molecule has 7 heteroatoms. The first-order valence-corrected chi connectivity index (χ1v) is 7.51. The lowest BCUT2D eigenvalue weighted by Crippen LogP contribution is -2.34. The van der Waals surface area contributed by atoms with Gasteiger partial charge in [-0.15, -0.1) is 22.8 Å². The van der Waals surface area contributed by atoms with Gasteiger partial charge in [0.05, 0.1) is 5.52 Å². The van der Waals surface area contributed by atoms with Crippen molar-refractivity contribution in [3.8, 4) is 0 Å². The van der Waals surface area contributed by atoms with Crippen molar-refractivity contribution in [3.05, 3.63) is 24.0 Å². The molecule has 110 valence electrons. The summed E-state index contributed by atoms with van der Waals surface area (Å²) in [7, 11) is 0. The Bertz CT molecular complexity index is 657. The van der Waals surface area contributed by atoms with Gasteiger partial charge < -0.3 is 10.2 Å². The third-order valence-corrected chi connectivity index (χ3v) is 3.83. The molecule has 0 radical (unpaired) electrons. The van der Waals surface area contributed by atoms with Gasteiger partial charge in [0.2, 0.25) is 5.82 Å². The fourth-order valence-corrected chi connectivity index (χ4v) is 2.63. The van der Waals surface area contributed by atoms with E-state index in [2.05, 4.69) is 38.0 Å². The molecule has 0 saturated carbocycles. The lowest BCUT2D eigenvalue weighted by atomic mass is 10.3. The molecule has 0 bridgehead atoms. The average Bonchev–Trinajstić information content (AvgIpc) is 2.99. The first-order valence-electron chi connectivity index (χ1n) is 7.06. The molecule has 21 heavy (non-hydrogen) atoms. The first kappa shape index (κ1) is 14.2. The Hall–Kier alpha value is -1.73. The molecule has 6 nitrogen and oxygen atoms in total. The Labute approximate surface area is 128 Å². The monoisotopic (exact) mass is 303 g/mol. The van der Waals surface area contributed by atoms with E-state index in [1.165, 1.54) is 12.8 Å². The van der Waals surface area contributed by atoms with E-state index in [4.69, 9.17) is 0 Å². The molecule has 0 spiro atoms. The van der Waals surface area contributed by atoms with Crippen LogP contribution in [0.2, 0.25) is 0 Å². The quantitative estimate of drug-likeness (QED) is 0.829. The molecule has 1 aromatic heterocycles. The smallest absolute Gasteiger partial charge is 0.291 e. The summed E-state index contributed by atoms with van der Waals surface area (Å²) in [4.78, 5) is 19.4. The Morgan fingerprint density at radius 3 is 2.86 bits per heavy atom. The zero-order valence-electron chi connectivity index (χ0n) is 11.6. The third-order valence-electron chi connectivity index (χ3n) is 3.55. The van der Waals surface area contributed by atoms with Gasteiger partial charge in [0, 0.05) is 18.0 Å². The number of nitrogens with zero attached hydrogens (tertiary/aromatic N) is 4. The van der Waals surface area contributed by atoms with Gasteiger partial charge in [-0.2, -0.15) is 0 Å². The van der Waals surface area contributed by atoms with E-state index in [0.717, 1.165) is 24.5 Å². The van der Waals surface area contributed by atoms with Crippen molar-refractivity contribution in [1.82, 2.24) is 25.4 Å². The zero-order valence-corrected chi connectivity index (χ0v) is 12.5. The SMILES string of the molecule is O=C(NCCN1CCCC1)c1nnc2ccc(S)cc2n1. The van der Waals surface area contributed by atoms with Crippen molar-refractivity contribution in [2.24, 2.45) is 0 Å². The van der Waals surface area contributed by atoms with E-state index < -0.39 is 0 Å². The Kier molecular flexibility index (Phi) is 4.31. The van der Waals surface area contributed by atoms with Crippen LogP contribution in [-0.2, 0) is 0 Å². The Morgan fingerprint density at radius 2 is 2.05 bits per heavy atom. The van der Waals surface area contributed by atoms with Crippen LogP contribution in [0, 0.1) is 0 Å². The van der Waals surface area contributed by atoms with E-state index >= 15 is 0 Å². The second-order valence-corrected chi connectivity index (χ2v) is 5.63. The maximum absolute atomic E-state index is 12.0. The second kappa shape index (κ2) is 6.36. The highest BCUT2D eigenvalue weighted by Gasteiger charge is 2.13. The van der Waals surface area contributed by atoms with Gasteiger partial charge in [-0.25, -0.2) is 4.98 Å². The predicted octanol–water partition coefficient (Wildman–Crippen LogP) is 1.14. The number of hydrogen-bond acceptors (Lipinski definition) is 6. The lowest BCUT2D eigenvalue weighted by molar-refractivity contribution is 0.0938. The molecule has 0 atom stereocenters. The molecule has 1 fully saturated rings. The molecular weight excluding hydrogens is 286 g/mol. The molecule has 0 aliphatic carbocycles. The standard InChI is InChI=1S/C14H17N5OS/c20-14(15-5-8-19-6-1-2-7-19)13-16-12-9-10(21)3-4-11(12)17-18-13/h3-4,9,21H,1-2,5-8H2,(H,15,20). The number of likely N-dealkylation sites (tertiary alicyclic amines) is 1. The van der Waals surface area contributed by atoms with Crippen LogP contribution in [0.3, 0.4) is 0 Å². The fraction of sp³-hybridized carbons (Fsp3) is 0.429. The van der Waals surface area contributed by atoms with E-state index in [9.17, 15) is 4.79 Å². The van der Waals surface area contributed by atoms with Crippen LogP contribution >= 0.6 is 12.6 Å². The van der Waals surface area contributed by atoms with E-state index in [-0.39, 0.29) is 11.7 Å². The summed E-state index contributed by atoms with van der Waals surface area (Å²) in [5, 5.41) is 10.7. The molecule has 3 rings (SSSR count). The first-order chi connectivity index (χ1) is 10.2. The van der Waals surface area contributed by atoms with Crippen LogP contribution in [0.4, 0.5) is 0 Å². The van der Waals surface area contributed by atoms with Crippen LogP contribution in [0.5, 0.6) is 0 Å². The molecule has 2 aromatic rings. The summed E-state index contributed by atoms with van der Waals surface area (Å²) in [6.45, 7) is 3.71. The van der Waals surface area contributed by atoms with E-state index in [1.54, 1.807) is 12.1 Å². The summed E-state index contributed by atoms with van der Waals surface area (Å²) in [5.41, 5.74) is 1.28. The van der Waals surface area contributed by atoms with Gasteiger partial charge in [-0.1, -0.05) is 0 Å². The van der Waals surface area contributed by atoms with Crippen molar-refractivity contribution < 1.29 is 4.79 Å². The summed E-state index contributed by atoms with van der Waals surface area (Å²) in [6.07, 6.45) is 2.50. The minimum Gasteiger partial charge on any atom is -0.348 e. The number of benzene rings is 1. The minimum absolute atomic E-state index is 0.0999. The molecule has 0 unspecified atom stereocenters. The molecule has 1 aliphatic heterocycles.